The third-order valence-electron chi connectivity index (χ3n) is 7.92. The zero-order chi connectivity index (χ0) is 25.1. The highest BCUT2D eigenvalue weighted by Gasteiger charge is 2.61. The van der Waals surface area contributed by atoms with Crippen molar-refractivity contribution in [2.24, 2.45) is 0 Å². The van der Waals surface area contributed by atoms with Crippen LogP contribution in [0.15, 0.2) is 60.7 Å². The molecule has 1 fully saturated rings. The number of hydrogen-bond donors (Lipinski definition) is 2. The van der Waals surface area contributed by atoms with Gasteiger partial charge in [0.15, 0.2) is 0 Å². The molecule has 3 aromatic carbocycles. The molecule has 2 atom stereocenters. The lowest BCUT2D eigenvalue weighted by Crippen LogP contribution is -2.23. The Bertz CT molecular complexity index is 1610. The smallest absolute Gasteiger partial charge is 0.205 e. The van der Waals surface area contributed by atoms with Gasteiger partial charge in [-0.3, -0.25) is 4.57 Å². The molecule has 0 amide bonds. The summed E-state index contributed by atoms with van der Waals surface area (Å²) in [7, 11) is 0. The molecule has 0 saturated carbocycles. The van der Waals surface area contributed by atoms with Crippen LogP contribution >= 0.6 is 0 Å². The second-order valence-corrected chi connectivity index (χ2v) is 10.0. The van der Waals surface area contributed by atoms with Crippen molar-refractivity contribution < 1.29 is 14.9 Å². The van der Waals surface area contributed by atoms with Crippen LogP contribution in [0.5, 0.6) is 11.8 Å². The van der Waals surface area contributed by atoms with Gasteiger partial charge in [0, 0.05) is 10.8 Å². The fourth-order valence-electron chi connectivity index (χ4n) is 6.23. The van der Waals surface area contributed by atoms with E-state index in [0.29, 0.717) is 34.4 Å². The quantitative estimate of drug-likeness (QED) is 0.366. The van der Waals surface area contributed by atoms with Crippen molar-refractivity contribution >= 4 is 10.8 Å². The fraction of sp³-hybridized carbons (Fsp3) is 0.267. The minimum absolute atomic E-state index is 0.000779. The summed E-state index contributed by atoms with van der Waals surface area (Å²) >= 11 is 0. The van der Waals surface area contributed by atoms with Gasteiger partial charge in [-0.15, -0.1) is 0 Å². The van der Waals surface area contributed by atoms with Gasteiger partial charge in [0.25, 0.3) is 0 Å². The first-order chi connectivity index (χ1) is 17.4. The van der Waals surface area contributed by atoms with E-state index in [2.05, 4.69) is 12.1 Å². The first kappa shape index (κ1) is 22.2. The number of ether oxygens (including phenoxy) is 1. The monoisotopic (exact) mass is 475 g/mol. The molecule has 0 spiro atoms. The summed E-state index contributed by atoms with van der Waals surface area (Å²) < 4.78 is 8.10. The van der Waals surface area contributed by atoms with Crippen LogP contribution in [0.4, 0.5) is 0 Å². The number of rotatable bonds is 5. The Morgan fingerprint density at radius 2 is 1.61 bits per heavy atom. The SMILES string of the molecule is C[C@]12CC[C@](CCCc3ccc(C#N)cc3)(O1)c1c2c(O)n(-c2ccc(C#N)c3ccccc23)c1O. The maximum atomic E-state index is 11.6. The van der Waals surface area contributed by atoms with Crippen LogP contribution in [0.25, 0.3) is 16.5 Å². The number of nitriles is 2. The van der Waals surface area contributed by atoms with Gasteiger partial charge in [0.2, 0.25) is 11.8 Å². The van der Waals surface area contributed by atoms with Gasteiger partial charge in [-0.05, 0) is 68.9 Å². The molecule has 3 heterocycles. The van der Waals surface area contributed by atoms with Crippen LogP contribution in [0, 0.1) is 22.7 Å². The average molecular weight is 476 g/mol. The summed E-state index contributed by atoms with van der Waals surface area (Å²) in [5, 5.41) is 43.2. The van der Waals surface area contributed by atoms with Crippen molar-refractivity contribution in [2.45, 2.75) is 50.2 Å². The van der Waals surface area contributed by atoms with Gasteiger partial charge in [-0.25, -0.2) is 0 Å². The molecular weight excluding hydrogens is 450 g/mol. The van der Waals surface area contributed by atoms with Gasteiger partial charge < -0.3 is 14.9 Å². The Morgan fingerprint density at radius 1 is 0.889 bits per heavy atom. The Hall–Kier alpha value is -4.26. The lowest BCUT2D eigenvalue weighted by Gasteiger charge is -2.26. The molecule has 1 aromatic heterocycles. The van der Waals surface area contributed by atoms with Gasteiger partial charge in [0.05, 0.1) is 45.7 Å². The molecule has 6 nitrogen and oxygen atoms in total. The summed E-state index contributed by atoms with van der Waals surface area (Å²) in [5.41, 5.74) is 2.99. The molecule has 4 aromatic rings. The first-order valence-electron chi connectivity index (χ1n) is 12.2. The van der Waals surface area contributed by atoms with Crippen LogP contribution in [-0.2, 0) is 22.4 Å². The lowest BCUT2D eigenvalue weighted by molar-refractivity contribution is -0.0841. The summed E-state index contributed by atoms with van der Waals surface area (Å²) in [6.45, 7) is 1.99. The Balaban J connectivity index is 1.40. The standard InChI is InChI=1S/C30H25N3O3/c1-29-15-16-30(36-29,14-4-5-19-8-10-20(17-31)11-9-19)26-25(29)27(34)33(28(26)35)24-13-12-21(18-32)22-6-2-3-7-23(22)24/h2-3,6-13,34-35H,4-5,14-16H2,1H3/t29-,30+/m1/s1. The van der Waals surface area contributed by atoms with Crippen LogP contribution in [0.2, 0.25) is 0 Å². The fourth-order valence-corrected chi connectivity index (χ4v) is 6.23. The number of benzene rings is 3. The number of nitrogens with zero attached hydrogens (tertiary/aromatic N) is 3. The van der Waals surface area contributed by atoms with E-state index in [-0.39, 0.29) is 11.8 Å². The van der Waals surface area contributed by atoms with E-state index < -0.39 is 11.2 Å². The Morgan fingerprint density at radius 3 is 2.33 bits per heavy atom. The van der Waals surface area contributed by atoms with Crippen molar-refractivity contribution in [3.63, 3.8) is 0 Å². The molecule has 0 radical (unpaired) electrons. The highest BCUT2D eigenvalue weighted by molar-refractivity contribution is 5.95. The topological polar surface area (TPSA) is 102 Å². The first-order valence-corrected chi connectivity index (χ1v) is 12.2. The summed E-state index contributed by atoms with van der Waals surface area (Å²) in [6, 6.07) is 23.0. The summed E-state index contributed by atoms with van der Waals surface area (Å²) in [6.07, 6.45) is 3.92. The molecule has 178 valence electrons. The van der Waals surface area contributed by atoms with E-state index in [0.717, 1.165) is 42.0 Å². The highest BCUT2D eigenvalue weighted by atomic mass is 16.5. The number of fused-ring (bicyclic) bond motifs is 6. The van der Waals surface area contributed by atoms with E-state index in [1.54, 1.807) is 12.1 Å². The van der Waals surface area contributed by atoms with Gasteiger partial charge in [-0.1, -0.05) is 36.4 Å². The number of aromatic hydroxyl groups is 2. The number of hydrogen-bond acceptors (Lipinski definition) is 5. The van der Waals surface area contributed by atoms with Crippen molar-refractivity contribution in [1.29, 1.82) is 10.5 Å². The summed E-state index contributed by atoms with van der Waals surface area (Å²) in [4.78, 5) is 0. The predicted octanol–water partition coefficient (Wildman–Crippen LogP) is 6.04. The van der Waals surface area contributed by atoms with Crippen LogP contribution < -0.4 is 0 Å². The van der Waals surface area contributed by atoms with Gasteiger partial charge in [0.1, 0.15) is 5.60 Å². The largest absolute Gasteiger partial charge is 0.494 e. The van der Waals surface area contributed by atoms with Crippen molar-refractivity contribution in [3.05, 3.63) is 88.5 Å². The Labute approximate surface area is 209 Å². The van der Waals surface area contributed by atoms with E-state index >= 15 is 0 Å². The number of aromatic nitrogens is 1. The van der Waals surface area contributed by atoms with Crippen LogP contribution in [0.3, 0.4) is 0 Å². The molecule has 2 aliphatic rings. The van der Waals surface area contributed by atoms with E-state index in [1.165, 1.54) is 4.57 Å². The molecular formula is C30H25N3O3. The molecule has 6 heteroatoms. The minimum Gasteiger partial charge on any atom is -0.494 e. The van der Waals surface area contributed by atoms with Crippen LogP contribution in [0.1, 0.15) is 60.4 Å². The second-order valence-electron chi connectivity index (χ2n) is 10.0. The van der Waals surface area contributed by atoms with Gasteiger partial charge in [-0.2, -0.15) is 10.5 Å². The molecule has 2 aliphatic heterocycles. The summed E-state index contributed by atoms with van der Waals surface area (Å²) in [5.74, 6) is -0.00677. The van der Waals surface area contributed by atoms with Crippen molar-refractivity contribution in [3.8, 4) is 29.6 Å². The van der Waals surface area contributed by atoms with E-state index in [4.69, 9.17) is 10.00 Å². The van der Waals surface area contributed by atoms with Crippen molar-refractivity contribution in [1.82, 2.24) is 4.57 Å². The third-order valence-corrected chi connectivity index (χ3v) is 7.92. The minimum atomic E-state index is -0.668. The molecule has 2 bridgehead atoms. The zero-order valence-electron chi connectivity index (χ0n) is 20.0. The van der Waals surface area contributed by atoms with Crippen LogP contribution in [-0.4, -0.2) is 14.8 Å². The second kappa shape index (κ2) is 7.88. The molecule has 36 heavy (non-hydrogen) atoms. The van der Waals surface area contributed by atoms with Gasteiger partial charge >= 0.3 is 0 Å². The maximum Gasteiger partial charge on any atom is 0.205 e. The maximum absolute atomic E-state index is 11.6. The molecule has 6 rings (SSSR count). The third kappa shape index (κ3) is 3.05. The normalized spacial score (nSPS) is 21.9. The Kier molecular flexibility index (Phi) is 4.86. The predicted molar refractivity (Wildman–Crippen MR) is 135 cm³/mol. The lowest BCUT2D eigenvalue weighted by atomic mass is 9.77. The molecule has 0 unspecified atom stereocenters. The zero-order valence-corrected chi connectivity index (χ0v) is 20.0. The van der Waals surface area contributed by atoms with Crippen molar-refractivity contribution in [2.75, 3.05) is 0 Å². The average Bonchev–Trinajstić information content (AvgIpc) is 3.48. The molecule has 2 N–H and O–H groups in total. The van der Waals surface area contributed by atoms with E-state index in [9.17, 15) is 15.5 Å². The molecule has 1 saturated heterocycles. The molecule has 0 aliphatic carbocycles. The highest BCUT2D eigenvalue weighted by Crippen LogP contribution is 2.66. The number of aryl methyl sites for hydroxylation is 1. The van der Waals surface area contributed by atoms with E-state index in [1.807, 2.05) is 55.5 Å².